The smallest absolute Gasteiger partial charge is 0.326 e. The number of rotatable bonds is 2. The second-order valence-electron chi connectivity index (χ2n) is 5.74. The highest BCUT2D eigenvalue weighted by molar-refractivity contribution is 5.99. The van der Waals surface area contributed by atoms with Gasteiger partial charge in [-0.25, -0.2) is 4.79 Å². The van der Waals surface area contributed by atoms with E-state index in [-0.39, 0.29) is 5.91 Å². The van der Waals surface area contributed by atoms with Gasteiger partial charge in [0.15, 0.2) is 0 Å². The molecule has 0 bridgehead atoms. The number of likely N-dealkylation sites (tertiary alicyclic amines) is 1. The number of hydrogen-bond acceptors (Lipinski definition) is 4. The molecule has 1 N–H and O–H groups in total. The quantitative estimate of drug-likeness (QED) is 0.916. The molecule has 3 rings (SSSR count). The first kappa shape index (κ1) is 14.4. The monoisotopic (exact) mass is 299 g/mol. The van der Waals surface area contributed by atoms with Crippen LogP contribution in [0.3, 0.4) is 0 Å². The average molecular weight is 299 g/mol. The van der Waals surface area contributed by atoms with Crippen molar-refractivity contribution in [1.29, 1.82) is 0 Å². The topological polar surface area (TPSA) is 83.4 Å². The maximum Gasteiger partial charge on any atom is 0.326 e. The van der Waals surface area contributed by atoms with Crippen molar-refractivity contribution in [2.45, 2.75) is 25.8 Å². The summed E-state index contributed by atoms with van der Waals surface area (Å²) < 4.78 is 0. The van der Waals surface area contributed by atoms with Crippen molar-refractivity contribution in [3.8, 4) is 0 Å². The maximum absolute atomic E-state index is 12.7. The van der Waals surface area contributed by atoms with Gasteiger partial charge in [0, 0.05) is 24.5 Å². The molecule has 1 amide bonds. The van der Waals surface area contributed by atoms with Crippen molar-refractivity contribution in [1.82, 2.24) is 14.9 Å². The zero-order chi connectivity index (χ0) is 15.7. The van der Waals surface area contributed by atoms with Crippen LogP contribution in [0.1, 0.15) is 30.1 Å². The summed E-state index contributed by atoms with van der Waals surface area (Å²) in [5.41, 5.74) is 1.79. The van der Waals surface area contributed by atoms with E-state index in [4.69, 9.17) is 0 Å². The number of aromatic nitrogens is 2. The van der Waals surface area contributed by atoms with E-state index in [2.05, 4.69) is 9.97 Å². The van der Waals surface area contributed by atoms with Crippen LogP contribution in [0.2, 0.25) is 0 Å². The molecule has 22 heavy (non-hydrogen) atoms. The van der Waals surface area contributed by atoms with E-state index in [1.807, 2.05) is 6.92 Å². The van der Waals surface area contributed by atoms with Crippen molar-refractivity contribution >= 4 is 22.9 Å². The molecule has 2 atom stereocenters. The third-order valence-corrected chi connectivity index (χ3v) is 4.13. The Morgan fingerprint density at radius 2 is 1.95 bits per heavy atom. The van der Waals surface area contributed by atoms with Gasteiger partial charge < -0.3 is 10.0 Å². The standard InChI is InChI=1S/C16H17N3O3/c1-10-4-7-19(14(8-10)16(21)22)15(20)11-2-3-12-13(9-11)18-6-5-17-12/h2-3,5-6,9-10,14H,4,7-8H2,1H3,(H,21,22). The lowest BCUT2D eigenvalue weighted by atomic mass is 9.92. The first-order valence-electron chi connectivity index (χ1n) is 7.31. The second kappa shape index (κ2) is 5.71. The Kier molecular flexibility index (Phi) is 3.75. The van der Waals surface area contributed by atoms with Gasteiger partial charge >= 0.3 is 5.97 Å². The molecule has 1 aliphatic heterocycles. The van der Waals surface area contributed by atoms with Crippen LogP contribution in [0.4, 0.5) is 0 Å². The van der Waals surface area contributed by atoms with Gasteiger partial charge in [0.25, 0.3) is 5.91 Å². The molecule has 0 aliphatic carbocycles. The van der Waals surface area contributed by atoms with Crippen LogP contribution in [0, 0.1) is 5.92 Å². The Labute approximate surface area is 127 Å². The van der Waals surface area contributed by atoms with Gasteiger partial charge in [-0.15, -0.1) is 0 Å². The minimum absolute atomic E-state index is 0.258. The fraction of sp³-hybridized carbons (Fsp3) is 0.375. The first-order valence-corrected chi connectivity index (χ1v) is 7.31. The molecule has 1 aliphatic rings. The van der Waals surface area contributed by atoms with Crippen molar-refractivity contribution in [2.75, 3.05) is 6.54 Å². The Bertz CT molecular complexity index is 731. The van der Waals surface area contributed by atoms with Crippen molar-refractivity contribution in [3.05, 3.63) is 36.2 Å². The predicted octanol–water partition coefficient (Wildman–Crippen LogP) is 1.96. The number of fused-ring (bicyclic) bond motifs is 1. The zero-order valence-electron chi connectivity index (χ0n) is 12.3. The van der Waals surface area contributed by atoms with E-state index in [9.17, 15) is 14.7 Å². The summed E-state index contributed by atoms with van der Waals surface area (Å²) in [5, 5.41) is 9.38. The molecule has 2 unspecified atom stereocenters. The Morgan fingerprint density at radius 3 is 2.68 bits per heavy atom. The van der Waals surface area contributed by atoms with Crippen LogP contribution in [0.25, 0.3) is 11.0 Å². The zero-order valence-corrected chi connectivity index (χ0v) is 12.3. The van der Waals surface area contributed by atoms with Crippen molar-refractivity contribution in [2.24, 2.45) is 5.92 Å². The van der Waals surface area contributed by atoms with Crippen molar-refractivity contribution < 1.29 is 14.7 Å². The number of nitrogens with zero attached hydrogens (tertiary/aromatic N) is 3. The molecule has 1 saturated heterocycles. The molecule has 1 aromatic carbocycles. The summed E-state index contributed by atoms with van der Waals surface area (Å²) >= 11 is 0. The SMILES string of the molecule is CC1CCN(C(=O)c2ccc3nccnc3c2)C(C(=O)O)C1. The summed E-state index contributed by atoms with van der Waals surface area (Å²) in [7, 11) is 0. The van der Waals surface area contributed by atoms with E-state index < -0.39 is 12.0 Å². The molecule has 1 aromatic heterocycles. The molecule has 0 spiro atoms. The van der Waals surface area contributed by atoms with E-state index in [1.165, 1.54) is 4.90 Å². The maximum atomic E-state index is 12.7. The molecule has 6 nitrogen and oxygen atoms in total. The van der Waals surface area contributed by atoms with Crippen LogP contribution in [-0.4, -0.2) is 44.4 Å². The molecular formula is C16H17N3O3. The van der Waals surface area contributed by atoms with Gasteiger partial charge in [0.1, 0.15) is 6.04 Å². The highest BCUT2D eigenvalue weighted by Gasteiger charge is 2.35. The fourth-order valence-electron chi connectivity index (χ4n) is 2.88. The summed E-state index contributed by atoms with van der Waals surface area (Å²) in [5.74, 6) is -0.889. The lowest BCUT2D eigenvalue weighted by Crippen LogP contribution is -2.49. The normalized spacial score (nSPS) is 21.8. The third kappa shape index (κ3) is 2.64. The third-order valence-electron chi connectivity index (χ3n) is 4.13. The Balaban J connectivity index is 1.92. The van der Waals surface area contributed by atoms with Crippen LogP contribution in [0.5, 0.6) is 0 Å². The number of aliphatic carboxylic acids is 1. The second-order valence-corrected chi connectivity index (χ2v) is 5.74. The lowest BCUT2D eigenvalue weighted by molar-refractivity contribution is -0.144. The van der Waals surface area contributed by atoms with Gasteiger partial charge in [-0.3, -0.25) is 14.8 Å². The molecule has 6 heteroatoms. The molecule has 2 heterocycles. The molecule has 1 fully saturated rings. The van der Waals surface area contributed by atoms with E-state index in [0.29, 0.717) is 35.5 Å². The highest BCUT2D eigenvalue weighted by Crippen LogP contribution is 2.25. The minimum Gasteiger partial charge on any atom is -0.480 e. The van der Waals surface area contributed by atoms with Gasteiger partial charge in [-0.1, -0.05) is 6.92 Å². The number of hydrogen-bond donors (Lipinski definition) is 1. The number of carbonyl (C=O) groups is 2. The molecule has 0 saturated carbocycles. The fourth-order valence-corrected chi connectivity index (χ4v) is 2.88. The number of carboxylic acid groups (broad SMARTS) is 1. The Morgan fingerprint density at radius 1 is 1.23 bits per heavy atom. The Hall–Kier alpha value is -2.50. The van der Waals surface area contributed by atoms with Gasteiger partial charge in [-0.05, 0) is 37.0 Å². The molecule has 114 valence electrons. The molecule has 2 aromatic rings. The number of carboxylic acids is 1. The molecule has 0 radical (unpaired) electrons. The minimum atomic E-state index is -0.944. The highest BCUT2D eigenvalue weighted by atomic mass is 16.4. The summed E-state index contributed by atoms with van der Waals surface area (Å²) in [6.45, 7) is 2.48. The number of carbonyl (C=O) groups excluding carboxylic acids is 1. The summed E-state index contributed by atoms with van der Waals surface area (Å²) in [6, 6.07) is 4.32. The van der Waals surface area contributed by atoms with Gasteiger partial charge in [0.2, 0.25) is 0 Å². The first-order chi connectivity index (χ1) is 10.6. The van der Waals surface area contributed by atoms with E-state index >= 15 is 0 Å². The average Bonchev–Trinajstić information content (AvgIpc) is 2.53. The van der Waals surface area contributed by atoms with E-state index in [1.54, 1.807) is 30.6 Å². The van der Waals surface area contributed by atoms with Crippen molar-refractivity contribution in [3.63, 3.8) is 0 Å². The summed E-state index contributed by atoms with van der Waals surface area (Å²) in [4.78, 5) is 33.9. The van der Waals surface area contributed by atoms with Crippen LogP contribution >= 0.6 is 0 Å². The van der Waals surface area contributed by atoms with Crippen LogP contribution in [-0.2, 0) is 4.79 Å². The van der Waals surface area contributed by atoms with Crippen LogP contribution in [0.15, 0.2) is 30.6 Å². The predicted molar refractivity (Wildman–Crippen MR) is 80.4 cm³/mol. The number of piperidine rings is 1. The van der Waals surface area contributed by atoms with E-state index in [0.717, 1.165) is 6.42 Å². The lowest BCUT2D eigenvalue weighted by Gasteiger charge is -2.36. The number of benzene rings is 1. The van der Waals surface area contributed by atoms with Crippen LogP contribution < -0.4 is 0 Å². The summed E-state index contributed by atoms with van der Waals surface area (Å²) in [6.07, 6.45) is 4.48. The largest absolute Gasteiger partial charge is 0.480 e. The number of amides is 1. The van der Waals surface area contributed by atoms with Gasteiger partial charge in [0.05, 0.1) is 11.0 Å². The molecular weight excluding hydrogens is 282 g/mol. The van der Waals surface area contributed by atoms with Gasteiger partial charge in [-0.2, -0.15) is 0 Å².